The van der Waals surface area contributed by atoms with Crippen molar-refractivity contribution in [1.82, 2.24) is 4.98 Å². The number of nitrogens with two attached hydrogens (primary N) is 2. The van der Waals surface area contributed by atoms with E-state index < -0.39 is 12.0 Å². The highest BCUT2D eigenvalue weighted by Gasteiger charge is 2.32. The van der Waals surface area contributed by atoms with Crippen LogP contribution < -0.4 is 16.4 Å². The number of ether oxygens (including phenoxy) is 1. The third-order valence-electron chi connectivity index (χ3n) is 3.43. The van der Waals surface area contributed by atoms with Gasteiger partial charge in [0.25, 0.3) is 11.8 Å². The van der Waals surface area contributed by atoms with Crippen LogP contribution in [0.5, 0.6) is 0 Å². The van der Waals surface area contributed by atoms with E-state index >= 15 is 0 Å². The van der Waals surface area contributed by atoms with Crippen LogP contribution in [0, 0.1) is 0 Å². The first-order valence-electron chi connectivity index (χ1n) is 6.95. The molecule has 7 heteroatoms. The van der Waals surface area contributed by atoms with Crippen molar-refractivity contribution in [3.05, 3.63) is 24.0 Å². The monoisotopic (exact) mass is 292 g/mol. The molecule has 2 heterocycles. The molecule has 1 fully saturated rings. The van der Waals surface area contributed by atoms with Crippen LogP contribution in [0.15, 0.2) is 18.3 Å². The van der Waals surface area contributed by atoms with Crippen LogP contribution >= 0.6 is 0 Å². The van der Waals surface area contributed by atoms with Crippen LogP contribution in [0.4, 0.5) is 5.69 Å². The van der Waals surface area contributed by atoms with E-state index in [0.29, 0.717) is 25.2 Å². The van der Waals surface area contributed by atoms with Gasteiger partial charge in [-0.1, -0.05) is 0 Å². The molecule has 1 aliphatic heterocycles. The number of aromatic nitrogens is 1. The Morgan fingerprint density at radius 3 is 2.81 bits per heavy atom. The minimum absolute atomic E-state index is 0.0808. The molecule has 0 radical (unpaired) electrons. The van der Waals surface area contributed by atoms with Gasteiger partial charge in [-0.3, -0.25) is 14.6 Å². The Morgan fingerprint density at radius 1 is 1.48 bits per heavy atom. The van der Waals surface area contributed by atoms with Gasteiger partial charge in [0.05, 0.1) is 6.10 Å². The normalized spacial score (nSPS) is 21.2. The minimum atomic E-state index is -0.636. The first-order chi connectivity index (χ1) is 10.0. The maximum atomic E-state index is 12.6. The Bertz CT molecular complexity index is 535. The molecule has 1 aromatic heterocycles. The topological polar surface area (TPSA) is 112 Å². The standard InChI is InChI=1S/C14H20N4O3/c1-9-2-3-12(21-9)14(20)18(7-5-15)10-4-6-17-11(8-10)13(16)19/h4,6,8-9,12H,2-3,5,7,15H2,1H3,(H2,16,19). The van der Waals surface area contributed by atoms with E-state index in [1.807, 2.05) is 6.92 Å². The summed E-state index contributed by atoms with van der Waals surface area (Å²) in [6, 6.07) is 3.15. The fourth-order valence-corrected chi connectivity index (χ4v) is 2.38. The van der Waals surface area contributed by atoms with Gasteiger partial charge in [-0.2, -0.15) is 0 Å². The molecule has 1 aromatic rings. The van der Waals surface area contributed by atoms with E-state index in [-0.39, 0.29) is 17.7 Å². The van der Waals surface area contributed by atoms with Crippen molar-refractivity contribution in [2.75, 3.05) is 18.0 Å². The van der Waals surface area contributed by atoms with Crippen molar-refractivity contribution < 1.29 is 14.3 Å². The molecule has 1 saturated heterocycles. The highest BCUT2D eigenvalue weighted by atomic mass is 16.5. The van der Waals surface area contributed by atoms with Gasteiger partial charge in [0.2, 0.25) is 0 Å². The zero-order valence-electron chi connectivity index (χ0n) is 12.0. The number of hydrogen-bond donors (Lipinski definition) is 2. The zero-order valence-corrected chi connectivity index (χ0v) is 12.0. The lowest BCUT2D eigenvalue weighted by atomic mass is 10.1. The maximum Gasteiger partial charge on any atom is 0.267 e. The number of pyridine rings is 1. The van der Waals surface area contributed by atoms with E-state index in [1.54, 1.807) is 6.07 Å². The summed E-state index contributed by atoms with van der Waals surface area (Å²) in [7, 11) is 0. The van der Waals surface area contributed by atoms with Crippen LogP contribution in [-0.2, 0) is 9.53 Å². The summed E-state index contributed by atoms with van der Waals surface area (Å²) in [5.41, 5.74) is 11.5. The number of hydrogen-bond acceptors (Lipinski definition) is 5. The molecule has 2 unspecified atom stereocenters. The lowest BCUT2D eigenvalue weighted by Crippen LogP contribution is -2.42. The molecule has 114 valence electrons. The second-order valence-corrected chi connectivity index (χ2v) is 5.05. The number of carbonyl (C=O) groups excluding carboxylic acids is 2. The highest BCUT2D eigenvalue weighted by molar-refractivity contribution is 5.98. The molecule has 2 atom stereocenters. The van der Waals surface area contributed by atoms with Crippen molar-refractivity contribution in [3.63, 3.8) is 0 Å². The molecule has 21 heavy (non-hydrogen) atoms. The fourth-order valence-electron chi connectivity index (χ4n) is 2.38. The molecule has 0 bridgehead atoms. The van der Waals surface area contributed by atoms with Gasteiger partial charge in [0.1, 0.15) is 11.8 Å². The Morgan fingerprint density at radius 2 is 2.24 bits per heavy atom. The van der Waals surface area contributed by atoms with Crippen molar-refractivity contribution in [2.45, 2.75) is 32.0 Å². The predicted octanol–water partition coefficient (Wildman–Crippen LogP) is 0.0397. The zero-order chi connectivity index (χ0) is 15.4. The van der Waals surface area contributed by atoms with Gasteiger partial charge < -0.3 is 21.1 Å². The largest absolute Gasteiger partial charge is 0.365 e. The number of rotatable bonds is 5. The Hall–Kier alpha value is -1.99. The van der Waals surface area contributed by atoms with E-state index in [2.05, 4.69) is 4.98 Å². The average molecular weight is 292 g/mol. The molecular formula is C14H20N4O3. The van der Waals surface area contributed by atoms with E-state index in [1.165, 1.54) is 17.2 Å². The average Bonchev–Trinajstić information content (AvgIpc) is 2.91. The first-order valence-corrected chi connectivity index (χ1v) is 6.95. The molecule has 0 spiro atoms. The second kappa shape index (κ2) is 6.64. The van der Waals surface area contributed by atoms with Crippen LogP contribution in [0.1, 0.15) is 30.3 Å². The van der Waals surface area contributed by atoms with Gasteiger partial charge in [0, 0.05) is 25.0 Å². The lowest BCUT2D eigenvalue weighted by Gasteiger charge is -2.25. The Kier molecular flexibility index (Phi) is 4.87. The van der Waals surface area contributed by atoms with Crippen LogP contribution in [0.25, 0.3) is 0 Å². The maximum absolute atomic E-state index is 12.6. The van der Waals surface area contributed by atoms with Crippen LogP contribution in [-0.4, -0.2) is 42.1 Å². The number of nitrogens with zero attached hydrogens (tertiary/aromatic N) is 2. The SMILES string of the molecule is CC1CCC(C(=O)N(CCN)c2ccnc(C(N)=O)c2)O1. The number of carbonyl (C=O) groups is 2. The van der Waals surface area contributed by atoms with Gasteiger partial charge in [-0.05, 0) is 31.9 Å². The summed E-state index contributed by atoms with van der Waals surface area (Å²) in [5.74, 6) is -0.783. The summed E-state index contributed by atoms with van der Waals surface area (Å²) in [6.07, 6.45) is 2.61. The summed E-state index contributed by atoms with van der Waals surface area (Å²) in [5, 5.41) is 0. The quantitative estimate of drug-likeness (QED) is 0.796. The third kappa shape index (κ3) is 3.56. The Balaban J connectivity index is 2.23. The summed E-state index contributed by atoms with van der Waals surface area (Å²) in [4.78, 5) is 29.2. The molecule has 1 aliphatic rings. The molecule has 2 rings (SSSR count). The predicted molar refractivity (Wildman–Crippen MR) is 77.7 cm³/mol. The van der Waals surface area contributed by atoms with Gasteiger partial charge in [0.15, 0.2) is 0 Å². The highest BCUT2D eigenvalue weighted by Crippen LogP contribution is 2.23. The van der Waals surface area contributed by atoms with Gasteiger partial charge in [-0.25, -0.2) is 0 Å². The molecular weight excluding hydrogens is 272 g/mol. The molecule has 2 amide bonds. The van der Waals surface area contributed by atoms with Crippen molar-refractivity contribution >= 4 is 17.5 Å². The number of primary amides is 1. The number of amides is 2. The molecule has 0 aliphatic carbocycles. The van der Waals surface area contributed by atoms with Crippen LogP contribution in [0.3, 0.4) is 0 Å². The number of anilines is 1. The van der Waals surface area contributed by atoms with Crippen LogP contribution in [0.2, 0.25) is 0 Å². The molecule has 4 N–H and O–H groups in total. The molecule has 7 nitrogen and oxygen atoms in total. The van der Waals surface area contributed by atoms with Crippen molar-refractivity contribution in [2.24, 2.45) is 11.5 Å². The smallest absolute Gasteiger partial charge is 0.267 e. The van der Waals surface area contributed by atoms with Crippen molar-refractivity contribution in [1.29, 1.82) is 0 Å². The summed E-state index contributed by atoms with van der Waals surface area (Å²) >= 11 is 0. The van der Waals surface area contributed by atoms with Gasteiger partial charge >= 0.3 is 0 Å². The minimum Gasteiger partial charge on any atom is -0.365 e. The van der Waals surface area contributed by atoms with E-state index in [4.69, 9.17) is 16.2 Å². The first kappa shape index (κ1) is 15.4. The summed E-state index contributed by atoms with van der Waals surface area (Å²) in [6.45, 7) is 2.59. The third-order valence-corrected chi connectivity index (χ3v) is 3.43. The molecule has 0 saturated carbocycles. The summed E-state index contributed by atoms with van der Waals surface area (Å²) < 4.78 is 5.61. The van der Waals surface area contributed by atoms with E-state index in [0.717, 1.165) is 6.42 Å². The van der Waals surface area contributed by atoms with Crippen molar-refractivity contribution in [3.8, 4) is 0 Å². The van der Waals surface area contributed by atoms with E-state index in [9.17, 15) is 9.59 Å². The van der Waals surface area contributed by atoms with Gasteiger partial charge in [-0.15, -0.1) is 0 Å². The lowest BCUT2D eigenvalue weighted by molar-refractivity contribution is -0.128. The molecule has 0 aromatic carbocycles. The fraction of sp³-hybridized carbons (Fsp3) is 0.500. The Labute approximate surface area is 123 Å². The second-order valence-electron chi connectivity index (χ2n) is 5.05.